The van der Waals surface area contributed by atoms with Gasteiger partial charge >= 0.3 is 0 Å². The minimum Gasteiger partial charge on any atom is -0.337 e. The maximum absolute atomic E-state index is 2.44. The van der Waals surface area contributed by atoms with Crippen LogP contribution in [0.2, 0.25) is 0 Å². The molecule has 0 bridgehead atoms. The van der Waals surface area contributed by atoms with Crippen LogP contribution in [0.4, 0.5) is 22.7 Å². The summed E-state index contributed by atoms with van der Waals surface area (Å²) in [7, 11) is 0. The normalized spacial score (nSPS) is 13.5. The molecule has 2 aliphatic rings. The van der Waals surface area contributed by atoms with E-state index < -0.39 is 0 Å². The lowest BCUT2D eigenvalue weighted by molar-refractivity contribution is 0.772. The molecular formula is C31H32N2S2. The van der Waals surface area contributed by atoms with Gasteiger partial charge in [0.25, 0.3) is 0 Å². The molecule has 4 aromatic carbocycles. The van der Waals surface area contributed by atoms with Crippen LogP contribution in [0, 0.1) is 6.92 Å². The summed E-state index contributed by atoms with van der Waals surface area (Å²) in [6.07, 6.45) is 0. The highest BCUT2D eigenvalue weighted by Gasteiger charge is 2.25. The van der Waals surface area contributed by atoms with Crippen molar-refractivity contribution < 1.29 is 0 Å². The first-order valence-electron chi connectivity index (χ1n) is 12.3. The number of rotatable bonds is 2. The van der Waals surface area contributed by atoms with E-state index in [-0.39, 0.29) is 0 Å². The zero-order chi connectivity index (χ0) is 24.5. The van der Waals surface area contributed by atoms with Gasteiger partial charge in [0.2, 0.25) is 0 Å². The fourth-order valence-corrected chi connectivity index (χ4v) is 6.86. The summed E-state index contributed by atoms with van der Waals surface area (Å²) in [4.78, 5) is 10.3. The van der Waals surface area contributed by atoms with Gasteiger partial charge in [-0.25, -0.2) is 0 Å². The third kappa shape index (κ3) is 4.70. The maximum Gasteiger partial charge on any atom is 0.0557 e. The SMILES string of the molecule is CC(C)N1c2ccccc2Sc2ccccc21.Cc1ccc2c(c1)N(C(C)C)c1ccccc1S2. The van der Waals surface area contributed by atoms with E-state index >= 15 is 0 Å². The van der Waals surface area contributed by atoms with Gasteiger partial charge in [0.05, 0.1) is 22.7 Å². The van der Waals surface area contributed by atoms with Crippen molar-refractivity contribution in [2.24, 2.45) is 0 Å². The topological polar surface area (TPSA) is 6.48 Å². The zero-order valence-electron chi connectivity index (χ0n) is 21.0. The summed E-state index contributed by atoms with van der Waals surface area (Å²) in [5.74, 6) is 0. The molecule has 0 saturated heterocycles. The number of anilines is 4. The number of para-hydroxylation sites is 3. The fraction of sp³-hybridized carbons (Fsp3) is 0.226. The minimum atomic E-state index is 0.465. The molecule has 0 radical (unpaired) electrons. The van der Waals surface area contributed by atoms with Gasteiger partial charge in [-0.3, -0.25) is 0 Å². The van der Waals surface area contributed by atoms with E-state index in [9.17, 15) is 0 Å². The molecule has 4 aromatic rings. The standard InChI is InChI=1S/C16H17NS.C15H15NS/c1-11(2)17-13-6-4-5-7-15(13)18-16-9-8-12(3)10-14(16)17;1-11(2)16-12-7-3-5-9-14(12)17-15-10-6-4-8-13(15)16/h4-11H,1-3H3;3-11H,1-2H3. The van der Waals surface area contributed by atoms with Crippen molar-refractivity contribution in [3.8, 4) is 0 Å². The Morgan fingerprint density at radius 1 is 0.486 bits per heavy atom. The second-order valence-electron chi connectivity index (χ2n) is 9.51. The van der Waals surface area contributed by atoms with Crippen LogP contribution in [0.15, 0.2) is 111 Å². The Bertz CT molecular complexity index is 1300. The number of hydrogen-bond acceptors (Lipinski definition) is 4. The molecule has 2 heterocycles. The monoisotopic (exact) mass is 496 g/mol. The summed E-state index contributed by atoms with van der Waals surface area (Å²) >= 11 is 3.73. The first-order valence-corrected chi connectivity index (χ1v) is 13.9. The van der Waals surface area contributed by atoms with Gasteiger partial charge in [-0.1, -0.05) is 66.0 Å². The fourth-order valence-electron chi connectivity index (χ4n) is 4.74. The van der Waals surface area contributed by atoms with E-state index in [1.807, 2.05) is 23.5 Å². The van der Waals surface area contributed by atoms with Crippen LogP contribution in [-0.4, -0.2) is 12.1 Å². The van der Waals surface area contributed by atoms with E-state index in [1.165, 1.54) is 47.9 Å². The van der Waals surface area contributed by atoms with Crippen molar-refractivity contribution in [2.45, 2.75) is 66.3 Å². The van der Waals surface area contributed by atoms with E-state index in [1.54, 1.807) is 0 Å². The molecule has 0 fully saturated rings. The number of fused-ring (bicyclic) bond motifs is 4. The molecule has 0 saturated carbocycles. The van der Waals surface area contributed by atoms with Crippen molar-refractivity contribution >= 4 is 46.3 Å². The highest BCUT2D eigenvalue weighted by atomic mass is 32.2. The Morgan fingerprint density at radius 3 is 1.29 bits per heavy atom. The van der Waals surface area contributed by atoms with Gasteiger partial charge in [-0.2, -0.15) is 0 Å². The maximum atomic E-state index is 2.44. The van der Waals surface area contributed by atoms with Crippen molar-refractivity contribution in [2.75, 3.05) is 9.80 Å². The number of hydrogen-bond donors (Lipinski definition) is 0. The van der Waals surface area contributed by atoms with Crippen molar-refractivity contribution in [1.82, 2.24) is 0 Å². The molecular weight excluding hydrogens is 464 g/mol. The molecule has 0 spiro atoms. The molecule has 0 unspecified atom stereocenters. The zero-order valence-corrected chi connectivity index (χ0v) is 22.7. The lowest BCUT2D eigenvalue weighted by Crippen LogP contribution is -2.28. The van der Waals surface area contributed by atoms with Gasteiger partial charge in [0.1, 0.15) is 0 Å². The summed E-state index contributed by atoms with van der Waals surface area (Å²) in [5, 5.41) is 0. The highest BCUT2D eigenvalue weighted by molar-refractivity contribution is 8.00. The molecule has 0 aromatic heterocycles. The first-order chi connectivity index (χ1) is 16.9. The van der Waals surface area contributed by atoms with Crippen molar-refractivity contribution in [3.05, 3.63) is 96.6 Å². The van der Waals surface area contributed by atoms with Crippen LogP contribution in [-0.2, 0) is 0 Å². The summed E-state index contributed by atoms with van der Waals surface area (Å²) in [6, 6.07) is 33.6. The van der Waals surface area contributed by atoms with Crippen LogP contribution in [0.5, 0.6) is 0 Å². The Hall–Kier alpha value is -2.82. The van der Waals surface area contributed by atoms with Gasteiger partial charge in [0, 0.05) is 31.7 Å². The Kier molecular flexibility index (Phi) is 6.86. The summed E-state index contributed by atoms with van der Waals surface area (Å²) in [6.45, 7) is 11.1. The molecule has 4 heteroatoms. The van der Waals surface area contributed by atoms with Crippen LogP contribution in [0.1, 0.15) is 33.3 Å². The largest absolute Gasteiger partial charge is 0.337 e. The van der Waals surface area contributed by atoms with E-state index in [4.69, 9.17) is 0 Å². The molecule has 2 nitrogen and oxygen atoms in total. The summed E-state index contributed by atoms with van der Waals surface area (Å²) < 4.78 is 0. The van der Waals surface area contributed by atoms with Crippen LogP contribution >= 0.6 is 23.5 Å². The Labute approximate surface area is 218 Å². The van der Waals surface area contributed by atoms with Crippen molar-refractivity contribution in [3.63, 3.8) is 0 Å². The third-order valence-electron chi connectivity index (χ3n) is 6.22. The molecule has 0 N–H and O–H groups in total. The van der Waals surface area contributed by atoms with Gasteiger partial charge in [-0.15, -0.1) is 0 Å². The smallest absolute Gasteiger partial charge is 0.0557 e. The average molecular weight is 497 g/mol. The Morgan fingerprint density at radius 2 is 0.857 bits per heavy atom. The molecule has 6 rings (SSSR count). The van der Waals surface area contributed by atoms with Crippen LogP contribution in [0.3, 0.4) is 0 Å². The molecule has 0 amide bonds. The van der Waals surface area contributed by atoms with E-state index in [0.717, 1.165) is 0 Å². The Balaban J connectivity index is 0.000000145. The number of aryl methyl sites for hydroxylation is 1. The number of benzene rings is 4. The molecule has 35 heavy (non-hydrogen) atoms. The minimum absolute atomic E-state index is 0.465. The van der Waals surface area contributed by atoms with Crippen LogP contribution < -0.4 is 9.80 Å². The van der Waals surface area contributed by atoms with Crippen LogP contribution in [0.25, 0.3) is 0 Å². The predicted molar refractivity (Wildman–Crippen MR) is 153 cm³/mol. The lowest BCUT2D eigenvalue weighted by atomic mass is 10.1. The molecule has 0 atom stereocenters. The predicted octanol–water partition coefficient (Wildman–Crippen LogP) is 9.70. The second-order valence-corrected chi connectivity index (χ2v) is 11.7. The highest BCUT2D eigenvalue weighted by Crippen LogP contribution is 2.50. The second kappa shape index (κ2) is 10.0. The van der Waals surface area contributed by atoms with Gasteiger partial charge in [-0.05, 0) is 88.7 Å². The third-order valence-corrected chi connectivity index (χ3v) is 8.48. The number of nitrogens with zero attached hydrogens (tertiary/aromatic N) is 2. The molecule has 2 aliphatic heterocycles. The van der Waals surface area contributed by atoms with E-state index in [0.29, 0.717) is 12.1 Å². The quantitative estimate of drug-likeness (QED) is 0.272. The summed E-state index contributed by atoms with van der Waals surface area (Å²) in [5.41, 5.74) is 6.64. The van der Waals surface area contributed by atoms with E-state index in [2.05, 4.69) is 135 Å². The molecule has 178 valence electrons. The first kappa shape index (κ1) is 23.9. The van der Waals surface area contributed by atoms with Gasteiger partial charge < -0.3 is 9.80 Å². The van der Waals surface area contributed by atoms with Gasteiger partial charge in [0.15, 0.2) is 0 Å². The average Bonchev–Trinajstić information content (AvgIpc) is 2.85. The van der Waals surface area contributed by atoms with Crippen molar-refractivity contribution in [1.29, 1.82) is 0 Å². The molecule has 0 aliphatic carbocycles. The lowest BCUT2D eigenvalue weighted by Gasteiger charge is -2.36.